The van der Waals surface area contributed by atoms with E-state index in [0.29, 0.717) is 6.04 Å². The normalized spacial score (nSPS) is 14.4. The lowest BCUT2D eigenvalue weighted by atomic mass is 10.0. The number of benzene rings is 1. The summed E-state index contributed by atoms with van der Waals surface area (Å²) in [5, 5.41) is 11.2. The molecule has 0 saturated carbocycles. The van der Waals surface area contributed by atoms with Crippen LogP contribution >= 0.6 is 11.6 Å². The lowest BCUT2D eigenvalue weighted by molar-refractivity contribution is 0.456. The molecule has 0 amide bonds. The van der Waals surface area contributed by atoms with Gasteiger partial charge in [0.25, 0.3) is 0 Å². The minimum absolute atomic E-state index is 0.268. The van der Waals surface area contributed by atoms with Crippen molar-refractivity contribution in [3.05, 3.63) is 52.8 Å². The monoisotopic (exact) mass is 263 g/mol. The number of aromatic amines is 1. The van der Waals surface area contributed by atoms with Crippen molar-refractivity contribution >= 4 is 11.6 Å². The Morgan fingerprint density at radius 3 is 2.56 bits per heavy atom. The molecule has 0 aliphatic heterocycles. The number of H-pyrrole nitrogens is 1. The molecule has 96 valence electrons. The molecule has 0 aliphatic rings. The third-order valence-corrected chi connectivity index (χ3v) is 3.40. The Morgan fingerprint density at radius 2 is 2.00 bits per heavy atom. The Hall–Kier alpha value is -1.32. The lowest BCUT2D eigenvalue weighted by Gasteiger charge is -2.22. The van der Waals surface area contributed by atoms with Gasteiger partial charge in [0.2, 0.25) is 0 Å². The summed E-state index contributed by atoms with van der Waals surface area (Å²) in [5.41, 5.74) is 2.43. The Kier molecular flexibility index (Phi) is 4.39. The molecule has 2 aromatic rings. The highest BCUT2D eigenvalue weighted by Crippen LogP contribution is 2.22. The topological polar surface area (TPSA) is 40.7 Å². The van der Waals surface area contributed by atoms with Gasteiger partial charge in [-0.3, -0.25) is 5.10 Å². The van der Waals surface area contributed by atoms with Gasteiger partial charge in [0, 0.05) is 28.9 Å². The van der Waals surface area contributed by atoms with Crippen LogP contribution in [0.4, 0.5) is 0 Å². The average Bonchev–Trinajstić information content (AvgIpc) is 2.91. The molecule has 2 unspecified atom stereocenters. The van der Waals surface area contributed by atoms with Crippen molar-refractivity contribution in [2.75, 3.05) is 0 Å². The van der Waals surface area contributed by atoms with E-state index in [2.05, 4.69) is 41.5 Å². The molecule has 2 atom stereocenters. The van der Waals surface area contributed by atoms with Gasteiger partial charge in [-0.25, -0.2) is 0 Å². The summed E-state index contributed by atoms with van der Waals surface area (Å²) in [6, 6.07) is 8.61. The molecular weight excluding hydrogens is 246 g/mol. The number of nitrogens with one attached hydrogen (secondary N) is 2. The number of rotatable bonds is 5. The predicted molar refractivity (Wildman–Crippen MR) is 74.6 cm³/mol. The Balaban J connectivity index is 2.07. The van der Waals surface area contributed by atoms with Crippen LogP contribution in [0.3, 0.4) is 0 Å². The van der Waals surface area contributed by atoms with E-state index in [0.717, 1.165) is 11.4 Å². The van der Waals surface area contributed by atoms with Gasteiger partial charge in [0.15, 0.2) is 0 Å². The zero-order valence-corrected chi connectivity index (χ0v) is 11.4. The first kappa shape index (κ1) is 13.1. The van der Waals surface area contributed by atoms with Gasteiger partial charge in [-0.2, -0.15) is 5.10 Å². The zero-order chi connectivity index (χ0) is 13.0. The molecule has 0 bridgehead atoms. The van der Waals surface area contributed by atoms with E-state index < -0.39 is 0 Å². The molecule has 3 nitrogen and oxygen atoms in total. The van der Waals surface area contributed by atoms with Crippen molar-refractivity contribution in [2.24, 2.45) is 0 Å². The van der Waals surface area contributed by atoms with Gasteiger partial charge < -0.3 is 5.32 Å². The van der Waals surface area contributed by atoms with E-state index in [1.165, 1.54) is 11.1 Å². The first-order valence-corrected chi connectivity index (χ1v) is 6.58. The Morgan fingerprint density at radius 1 is 1.28 bits per heavy atom. The van der Waals surface area contributed by atoms with Crippen molar-refractivity contribution in [3.63, 3.8) is 0 Å². The first-order valence-electron chi connectivity index (χ1n) is 6.21. The molecule has 18 heavy (non-hydrogen) atoms. The smallest absolute Gasteiger partial charge is 0.0534 e. The average molecular weight is 264 g/mol. The highest BCUT2D eigenvalue weighted by molar-refractivity contribution is 6.30. The second-order valence-corrected chi connectivity index (χ2v) is 4.87. The van der Waals surface area contributed by atoms with Crippen molar-refractivity contribution in [1.82, 2.24) is 15.5 Å². The number of halogens is 1. The van der Waals surface area contributed by atoms with Gasteiger partial charge in [0.05, 0.1) is 6.20 Å². The van der Waals surface area contributed by atoms with Gasteiger partial charge in [-0.1, -0.05) is 30.7 Å². The third-order valence-electron chi connectivity index (χ3n) is 3.15. The Labute approximate surface area is 113 Å². The molecule has 0 saturated heterocycles. The maximum Gasteiger partial charge on any atom is 0.0534 e. The van der Waals surface area contributed by atoms with E-state index in [4.69, 9.17) is 11.6 Å². The molecule has 0 aliphatic carbocycles. The van der Waals surface area contributed by atoms with E-state index in [-0.39, 0.29) is 6.04 Å². The van der Waals surface area contributed by atoms with E-state index >= 15 is 0 Å². The maximum absolute atomic E-state index is 5.91. The van der Waals surface area contributed by atoms with Gasteiger partial charge in [-0.05, 0) is 31.0 Å². The molecule has 2 N–H and O–H groups in total. The maximum atomic E-state index is 5.91. The standard InChI is InChI=1S/C14H18ClN3/c1-3-14(11-4-6-13(15)7-5-11)18-10(2)12-8-16-17-9-12/h4-10,14,18H,3H2,1-2H3,(H,16,17). The number of nitrogens with zero attached hydrogens (tertiary/aromatic N) is 1. The first-order chi connectivity index (χ1) is 8.70. The number of hydrogen-bond acceptors (Lipinski definition) is 2. The molecule has 1 aromatic carbocycles. The van der Waals surface area contributed by atoms with Crippen molar-refractivity contribution in [1.29, 1.82) is 0 Å². The lowest BCUT2D eigenvalue weighted by Crippen LogP contribution is -2.23. The summed E-state index contributed by atoms with van der Waals surface area (Å²) in [5.74, 6) is 0. The van der Waals surface area contributed by atoms with Crippen LogP contribution in [0, 0.1) is 0 Å². The van der Waals surface area contributed by atoms with Crippen molar-refractivity contribution in [2.45, 2.75) is 32.4 Å². The molecule has 2 rings (SSSR count). The van der Waals surface area contributed by atoms with Crippen LogP contribution in [0.15, 0.2) is 36.7 Å². The SMILES string of the molecule is CCC(NC(C)c1cn[nH]c1)c1ccc(Cl)cc1. The molecule has 0 radical (unpaired) electrons. The van der Waals surface area contributed by atoms with E-state index in [9.17, 15) is 0 Å². The summed E-state index contributed by atoms with van der Waals surface area (Å²) >= 11 is 5.91. The van der Waals surface area contributed by atoms with Gasteiger partial charge in [-0.15, -0.1) is 0 Å². The highest BCUT2D eigenvalue weighted by Gasteiger charge is 2.14. The highest BCUT2D eigenvalue weighted by atomic mass is 35.5. The van der Waals surface area contributed by atoms with Gasteiger partial charge in [0.1, 0.15) is 0 Å². The molecular formula is C14H18ClN3. The van der Waals surface area contributed by atoms with Crippen LogP contribution in [0.2, 0.25) is 5.02 Å². The van der Waals surface area contributed by atoms with Crippen LogP contribution in [0.25, 0.3) is 0 Å². The molecule has 0 fully saturated rings. The summed E-state index contributed by atoms with van der Waals surface area (Å²) < 4.78 is 0. The van der Waals surface area contributed by atoms with E-state index in [1.54, 1.807) is 0 Å². The molecule has 0 spiro atoms. The third kappa shape index (κ3) is 3.12. The van der Waals surface area contributed by atoms with Gasteiger partial charge >= 0.3 is 0 Å². The summed E-state index contributed by atoms with van der Waals surface area (Å²) in [7, 11) is 0. The molecule has 4 heteroatoms. The largest absolute Gasteiger partial charge is 0.303 e. The molecule has 1 heterocycles. The summed E-state index contributed by atoms with van der Waals surface area (Å²) in [4.78, 5) is 0. The molecule has 1 aromatic heterocycles. The van der Waals surface area contributed by atoms with Crippen LogP contribution < -0.4 is 5.32 Å². The summed E-state index contributed by atoms with van der Waals surface area (Å²) in [6.45, 7) is 4.32. The second-order valence-electron chi connectivity index (χ2n) is 4.43. The minimum atomic E-state index is 0.268. The summed E-state index contributed by atoms with van der Waals surface area (Å²) in [6.07, 6.45) is 4.81. The van der Waals surface area contributed by atoms with Crippen LogP contribution in [0.5, 0.6) is 0 Å². The van der Waals surface area contributed by atoms with Crippen molar-refractivity contribution in [3.8, 4) is 0 Å². The Bertz CT molecular complexity index is 464. The number of aromatic nitrogens is 2. The van der Waals surface area contributed by atoms with Crippen LogP contribution in [-0.2, 0) is 0 Å². The quantitative estimate of drug-likeness (QED) is 0.860. The van der Waals surface area contributed by atoms with Crippen LogP contribution in [-0.4, -0.2) is 10.2 Å². The fraction of sp³-hybridized carbons (Fsp3) is 0.357. The second kappa shape index (κ2) is 6.03. The fourth-order valence-corrected chi connectivity index (χ4v) is 2.17. The van der Waals surface area contributed by atoms with E-state index in [1.807, 2.05) is 24.5 Å². The minimum Gasteiger partial charge on any atom is -0.303 e. The predicted octanol–water partition coefficient (Wildman–Crippen LogP) is 3.87. The van der Waals surface area contributed by atoms with Crippen LogP contribution in [0.1, 0.15) is 43.5 Å². The fourth-order valence-electron chi connectivity index (χ4n) is 2.04. The number of hydrogen-bond donors (Lipinski definition) is 2. The zero-order valence-electron chi connectivity index (χ0n) is 10.7. The van der Waals surface area contributed by atoms with Crippen molar-refractivity contribution < 1.29 is 0 Å².